The Labute approximate surface area is 107 Å². The van der Waals surface area contributed by atoms with E-state index in [2.05, 4.69) is 20.7 Å². The first-order valence-electron chi connectivity index (χ1n) is 5.36. The Hall–Kier alpha value is -1.10. The predicted octanol–water partition coefficient (Wildman–Crippen LogP) is 3.31. The molecule has 0 spiro atoms. The van der Waals surface area contributed by atoms with Crippen LogP contribution in [-0.4, -0.2) is 19.2 Å². The highest BCUT2D eigenvalue weighted by molar-refractivity contribution is 9.10. The summed E-state index contributed by atoms with van der Waals surface area (Å²) < 4.78 is 24.3. The van der Waals surface area contributed by atoms with Crippen molar-refractivity contribution >= 4 is 21.9 Å². The van der Waals surface area contributed by atoms with Crippen molar-refractivity contribution < 1.29 is 18.7 Å². The van der Waals surface area contributed by atoms with Gasteiger partial charge in [-0.05, 0) is 47.3 Å². The average Bonchev–Trinajstić information content (AvgIpc) is 2.27. The molecule has 92 valence electrons. The van der Waals surface area contributed by atoms with E-state index in [0.717, 1.165) is 19.3 Å². The Morgan fingerprint density at radius 3 is 2.71 bits per heavy atom. The second kappa shape index (κ2) is 5.04. The minimum atomic E-state index is -0.592. The first-order valence-corrected chi connectivity index (χ1v) is 6.15. The van der Waals surface area contributed by atoms with Crippen LogP contribution < -0.4 is 4.74 Å². The molecule has 3 nitrogen and oxygen atoms in total. The van der Waals surface area contributed by atoms with Crippen LogP contribution in [0.25, 0.3) is 0 Å². The Balaban J connectivity index is 2.36. The van der Waals surface area contributed by atoms with Gasteiger partial charge in [-0.1, -0.05) is 0 Å². The van der Waals surface area contributed by atoms with Crippen LogP contribution in [-0.2, 0) is 4.74 Å². The van der Waals surface area contributed by atoms with E-state index < -0.39 is 11.8 Å². The number of carbonyl (C=O) groups is 1. The van der Waals surface area contributed by atoms with Crippen LogP contribution in [0.3, 0.4) is 0 Å². The van der Waals surface area contributed by atoms with Gasteiger partial charge in [0.05, 0.1) is 17.7 Å². The third-order valence-electron chi connectivity index (χ3n) is 2.79. The Bertz CT molecular complexity index is 444. The van der Waals surface area contributed by atoms with Gasteiger partial charge in [-0.3, -0.25) is 0 Å². The van der Waals surface area contributed by atoms with Crippen molar-refractivity contribution in [1.29, 1.82) is 0 Å². The summed E-state index contributed by atoms with van der Waals surface area (Å²) in [4.78, 5) is 11.5. The lowest BCUT2D eigenvalue weighted by molar-refractivity contribution is 0.0582. The normalized spacial score (nSPS) is 15.2. The Kier molecular flexibility index (Phi) is 3.66. The molecule has 0 aromatic heterocycles. The molecule has 0 saturated heterocycles. The van der Waals surface area contributed by atoms with E-state index in [-0.39, 0.29) is 21.9 Å². The SMILES string of the molecule is COC(=O)c1ccc(Br)c(F)c1OC1CCC1. The highest BCUT2D eigenvalue weighted by Gasteiger charge is 2.25. The topological polar surface area (TPSA) is 35.5 Å². The molecular formula is C12H12BrFO3. The number of carbonyl (C=O) groups excluding carboxylic acids is 1. The maximum atomic E-state index is 13.9. The summed E-state index contributed by atoms with van der Waals surface area (Å²) in [6.45, 7) is 0. The largest absolute Gasteiger partial charge is 0.486 e. The number of methoxy groups -OCH3 is 1. The molecule has 0 bridgehead atoms. The maximum absolute atomic E-state index is 13.9. The third kappa shape index (κ3) is 2.44. The van der Waals surface area contributed by atoms with Crippen LogP contribution in [0.4, 0.5) is 4.39 Å². The minimum Gasteiger partial charge on any atom is -0.486 e. The summed E-state index contributed by atoms with van der Waals surface area (Å²) in [5.74, 6) is -1.17. The number of rotatable bonds is 3. The van der Waals surface area contributed by atoms with Gasteiger partial charge >= 0.3 is 5.97 Å². The van der Waals surface area contributed by atoms with Crippen molar-refractivity contribution in [2.24, 2.45) is 0 Å². The molecular weight excluding hydrogens is 291 g/mol. The van der Waals surface area contributed by atoms with E-state index in [1.807, 2.05) is 0 Å². The number of hydrogen-bond acceptors (Lipinski definition) is 3. The second-order valence-electron chi connectivity index (χ2n) is 3.90. The molecule has 17 heavy (non-hydrogen) atoms. The van der Waals surface area contributed by atoms with Gasteiger partial charge in [-0.25, -0.2) is 9.18 Å². The van der Waals surface area contributed by atoms with Crippen LogP contribution in [0, 0.1) is 5.82 Å². The monoisotopic (exact) mass is 302 g/mol. The molecule has 0 atom stereocenters. The van der Waals surface area contributed by atoms with Gasteiger partial charge in [0.25, 0.3) is 0 Å². The fourth-order valence-electron chi connectivity index (χ4n) is 1.57. The van der Waals surface area contributed by atoms with Gasteiger partial charge < -0.3 is 9.47 Å². The van der Waals surface area contributed by atoms with Crippen molar-refractivity contribution in [3.05, 3.63) is 28.0 Å². The van der Waals surface area contributed by atoms with Crippen LogP contribution in [0.1, 0.15) is 29.6 Å². The van der Waals surface area contributed by atoms with Crippen molar-refractivity contribution in [2.75, 3.05) is 7.11 Å². The molecule has 1 saturated carbocycles. The summed E-state index contributed by atoms with van der Waals surface area (Å²) in [5.41, 5.74) is 0.125. The zero-order chi connectivity index (χ0) is 12.4. The second-order valence-corrected chi connectivity index (χ2v) is 4.75. The average molecular weight is 303 g/mol. The molecule has 0 N–H and O–H groups in total. The van der Waals surface area contributed by atoms with Crippen LogP contribution in [0.2, 0.25) is 0 Å². The number of hydrogen-bond donors (Lipinski definition) is 0. The molecule has 0 amide bonds. The van der Waals surface area contributed by atoms with Gasteiger partial charge in [0.2, 0.25) is 0 Å². The number of ether oxygens (including phenoxy) is 2. The van der Waals surface area contributed by atoms with E-state index in [4.69, 9.17) is 4.74 Å². The number of benzene rings is 1. The molecule has 1 aliphatic rings. The van der Waals surface area contributed by atoms with E-state index in [0.29, 0.717) is 0 Å². The summed E-state index contributed by atoms with van der Waals surface area (Å²) in [5, 5.41) is 0. The predicted molar refractivity (Wildman–Crippen MR) is 63.7 cm³/mol. The van der Waals surface area contributed by atoms with Crippen LogP contribution in [0.5, 0.6) is 5.75 Å². The summed E-state index contributed by atoms with van der Waals surface area (Å²) in [6, 6.07) is 2.96. The van der Waals surface area contributed by atoms with E-state index in [1.54, 1.807) is 0 Å². The van der Waals surface area contributed by atoms with Crippen LogP contribution >= 0.6 is 15.9 Å². The lowest BCUT2D eigenvalue weighted by Gasteiger charge is -2.27. The zero-order valence-electron chi connectivity index (χ0n) is 9.33. The molecule has 1 aromatic carbocycles. The fourth-order valence-corrected chi connectivity index (χ4v) is 1.89. The maximum Gasteiger partial charge on any atom is 0.341 e. The van der Waals surface area contributed by atoms with Gasteiger partial charge in [0.1, 0.15) is 5.56 Å². The Morgan fingerprint density at radius 2 is 2.18 bits per heavy atom. The highest BCUT2D eigenvalue weighted by atomic mass is 79.9. The lowest BCUT2D eigenvalue weighted by atomic mass is 9.96. The highest BCUT2D eigenvalue weighted by Crippen LogP contribution is 2.33. The summed E-state index contributed by atoms with van der Waals surface area (Å²) in [6.07, 6.45) is 2.87. The quantitative estimate of drug-likeness (QED) is 0.804. The fraction of sp³-hybridized carbons (Fsp3) is 0.417. The van der Waals surface area contributed by atoms with E-state index in [1.165, 1.54) is 19.2 Å². The van der Waals surface area contributed by atoms with Gasteiger partial charge in [0, 0.05) is 0 Å². The first kappa shape index (κ1) is 12.4. The molecule has 0 heterocycles. The van der Waals surface area contributed by atoms with Gasteiger partial charge in [0.15, 0.2) is 11.6 Å². The Morgan fingerprint density at radius 1 is 1.47 bits per heavy atom. The van der Waals surface area contributed by atoms with Crippen LogP contribution in [0.15, 0.2) is 16.6 Å². The summed E-state index contributed by atoms with van der Waals surface area (Å²) >= 11 is 3.07. The third-order valence-corrected chi connectivity index (χ3v) is 3.40. The molecule has 1 fully saturated rings. The smallest absolute Gasteiger partial charge is 0.341 e. The molecule has 1 aliphatic carbocycles. The van der Waals surface area contributed by atoms with Crippen molar-refractivity contribution in [2.45, 2.75) is 25.4 Å². The van der Waals surface area contributed by atoms with E-state index in [9.17, 15) is 9.18 Å². The zero-order valence-corrected chi connectivity index (χ0v) is 10.9. The molecule has 0 radical (unpaired) electrons. The number of halogens is 2. The first-order chi connectivity index (χ1) is 8.13. The van der Waals surface area contributed by atoms with Crippen molar-refractivity contribution in [3.8, 4) is 5.75 Å². The lowest BCUT2D eigenvalue weighted by Crippen LogP contribution is -2.26. The molecule has 5 heteroatoms. The molecule has 0 aliphatic heterocycles. The van der Waals surface area contributed by atoms with Gasteiger partial charge in [-0.15, -0.1) is 0 Å². The van der Waals surface area contributed by atoms with Crippen molar-refractivity contribution in [3.63, 3.8) is 0 Å². The van der Waals surface area contributed by atoms with Crippen molar-refractivity contribution in [1.82, 2.24) is 0 Å². The summed E-state index contributed by atoms with van der Waals surface area (Å²) in [7, 11) is 1.26. The van der Waals surface area contributed by atoms with E-state index >= 15 is 0 Å². The number of esters is 1. The molecule has 2 rings (SSSR count). The molecule has 1 aromatic rings. The standard InChI is InChI=1S/C12H12BrFO3/c1-16-12(15)8-5-6-9(13)10(14)11(8)17-7-3-2-4-7/h5-7H,2-4H2,1H3. The van der Waals surface area contributed by atoms with Gasteiger partial charge in [-0.2, -0.15) is 0 Å². The minimum absolute atomic E-state index is 0.00204. The molecule has 0 unspecified atom stereocenters.